The van der Waals surface area contributed by atoms with Crippen LogP contribution in [-0.4, -0.2) is 25.6 Å². The summed E-state index contributed by atoms with van der Waals surface area (Å²) in [5.74, 6) is -1.11. The van der Waals surface area contributed by atoms with Gasteiger partial charge in [-0.1, -0.05) is 6.07 Å². The van der Waals surface area contributed by atoms with Gasteiger partial charge in [-0.25, -0.2) is 19.6 Å². The molecule has 2 heterocycles. The Balaban J connectivity index is 2.43. The molecule has 0 aromatic carbocycles. The van der Waals surface area contributed by atoms with Crippen molar-refractivity contribution < 1.29 is 9.90 Å². The van der Waals surface area contributed by atoms with Crippen molar-refractivity contribution in [3.8, 4) is 0 Å². The molecule has 0 saturated carbocycles. The van der Waals surface area contributed by atoms with Crippen molar-refractivity contribution >= 4 is 5.97 Å². The zero-order valence-electron chi connectivity index (χ0n) is 9.70. The van der Waals surface area contributed by atoms with Gasteiger partial charge in [0.05, 0.1) is 6.54 Å². The van der Waals surface area contributed by atoms with Crippen molar-refractivity contribution in [3.63, 3.8) is 0 Å². The summed E-state index contributed by atoms with van der Waals surface area (Å²) in [4.78, 5) is 30.0. The SMILES string of the molecule is Cc1cnc(=O)n(Cc2cccnc2C(=O)O)c1. The molecule has 0 aliphatic rings. The maximum Gasteiger partial charge on any atom is 0.354 e. The van der Waals surface area contributed by atoms with Crippen molar-refractivity contribution in [1.29, 1.82) is 0 Å². The van der Waals surface area contributed by atoms with Crippen LogP contribution in [0.4, 0.5) is 0 Å². The molecule has 2 aromatic heterocycles. The lowest BCUT2D eigenvalue weighted by Crippen LogP contribution is -2.24. The van der Waals surface area contributed by atoms with Gasteiger partial charge >= 0.3 is 11.7 Å². The summed E-state index contributed by atoms with van der Waals surface area (Å²) in [5, 5.41) is 9.00. The van der Waals surface area contributed by atoms with Crippen LogP contribution in [0.5, 0.6) is 0 Å². The highest BCUT2D eigenvalue weighted by molar-refractivity contribution is 5.86. The second-order valence-electron chi connectivity index (χ2n) is 3.86. The van der Waals surface area contributed by atoms with Crippen molar-refractivity contribution in [2.45, 2.75) is 13.5 Å². The molecule has 0 radical (unpaired) electrons. The summed E-state index contributed by atoms with van der Waals surface area (Å²) in [6.45, 7) is 1.95. The number of pyridine rings is 1. The number of carboxylic acids is 1. The van der Waals surface area contributed by atoms with Crippen LogP contribution < -0.4 is 5.69 Å². The lowest BCUT2D eigenvalue weighted by atomic mass is 10.2. The minimum atomic E-state index is -1.11. The molecule has 6 nitrogen and oxygen atoms in total. The van der Waals surface area contributed by atoms with Crippen molar-refractivity contribution in [3.05, 3.63) is 58.0 Å². The number of aryl methyl sites for hydroxylation is 1. The van der Waals surface area contributed by atoms with Gasteiger partial charge in [0.2, 0.25) is 0 Å². The summed E-state index contributed by atoms with van der Waals surface area (Å²) < 4.78 is 1.36. The van der Waals surface area contributed by atoms with E-state index >= 15 is 0 Å². The minimum Gasteiger partial charge on any atom is -0.477 e. The van der Waals surface area contributed by atoms with Gasteiger partial charge in [-0.2, -0.15) is 0 Å². The Kier molecular flexibility index (Phi) is 3.18. The Morgan fingerprint density at radius 2 is 2.22 bits per heavy atom. The number of aromatic carboxylic acids is 1. The normalized spacial score (nSPS) is 10.3. The summed E-state index contributed by atoms with van der Waals surface area (Å²) in [6, 6.07) is 3.27. The molecule has 92 valence electrons. The molecule has 0 bridgehead atoms. The molecule has 2 aromatic rings. The predicted octanol–water partition coefficient (Wildman–Crippen LogP) is 0.693. The predicted molar refractivity (Wildman–Crippen MR) is 63.5 cm³/mol. The van der Waals surface area contributed by atoms with Gasteiger partial charge in [-0.3, -0.25) is 4.57 Å². The lowest BCUT2D eigenvalue weighted by Gasteiger charge is -2.07. The van der Waals surface area contributed by atoms with E-state index in [0.29, 0.717) is 5.56 Å². The zero-order chi connectivity index (χ0) is 13.1. The summed E-state index contributed by atoms with van der Waals surface area (Å²) in [5.41, 5.74) is 0.835. The van der Waals surface area contributed by atoms with Crippen LogP contribution in [0.15, 0.2) is 35.5 Å². The summed E-state index contributed by atoms with van der Waals surface area (Å²) in [7, 11) is 0. The molecule has 18 heavy (non-hydrogen) atoms. The Hall–Kier alpha value is -2.50. The molecule has 0 aliphatic carbocycles. The Morgan fingerprint density at radius 3 is 2.94 bits per heavy atom. The number of carbonyl (C=O) groups is 1. The van der Waals surface area contributed by atoms with E-state index in [1.807, 2.05) is 6.92 Å². The molecule has 6 heteroatoms. The van der Waals surface area contributed by atoms with Crippen molar-refractivity contribution in [2.75, 3.05) is 0 Å². The Morgan fingerprint density at radius 1 is 1.44 bits per heavy atom. The minimum absolute atomic E-state index is 0.0501. The Labute approximate surface area is 103 Å². The van der Waals surface area contributed by atoms with Gasteiger partial charge in [0.25, 0.3) is 0 Å². The van der Waals surface area contributed by atoms with Crippen LogP contribution >= 0.6 is 0 Å². The topological polar surface area (TPSA) is 85.1 Å². The number of rotatable bonds is 3. The molecule has 0 aliphatic heterocycles. The van der Waals surface area contributed by atoms with Crippen LogP contribution in [0.3, 0.4) is 0 Å². The van der Waals surface area contributed by atoms with Gasteiger partial charge in [0.1, 0.15) is 0 Å². The third-order valence-electron chi connectivity index (χ3n) is 2.42. The van der Waals surface area contributed by atoms with E-state index in [2.05, 4.69) is 9.97 Å². The lowest BCUT2D eigenvalue weighted by molar-refractivity contribution is 0.0689. The average Bonchev–Trinajstić information content (AvgIpc) is 2.34. The van der Waals surface area contributed by atoms with Gasteiger partial charge in [0, 0.05) is 24.2 Å². The monoisotopic (exact) mass is 245 g/mol. The van der Waals surface area contributed by atoms with Crippen LogP contribution in [0, 0.1) is 6.92 Å². The molecular formula is C12H11N3O3. The number of nitrogens with zero attached hydrogens (tertiary/aromatic N) is 3. The molecule has 0 unspecified atom stereocenters. The fourth-order valence-corrected chi connectivity index (χ4v) is 1.62. The standard InChI is InChI=1S/C12H11N3O3/c1-8-5-14-12(18)15(6-8)7-9-3-2-4-13-10(9)11(16)17/h2-6H,7H2,1H3,(H,16,17). The first-order chi connectivity index (χ1) is 8.58. The first kappa shape index (κ1) is 12.0. The van der Waals surface area contributed by atoms with E-state index in [0.717, 1.165) is 5.56 Å². The van der Waals surface area contributed by atoms with E-state index < -0.39 is 11.7 Å². The smallest absolute Gasteiger partial charge is 0.354 e. The second kappa shape index (κ2) is 4.79. The van der Waals surface area contributed by atoms with E-state index in [-0.39, 0.29) is 12.2 Å². The third kappa shape index (κ3) is 2.42. The molecule has 0 fully saturated rings. The summed E-state index contributed by atoms with van der Waals surface area (Å²) >= 11 is 0. The average molecular weight is 245 g/mol. The third-order valence-corrected chi connectivity index (χ3v) is 2.42. The largest absolute Gasteiger partial charge is 0.477 e. The van der Waals surface area contributed by atoms with Crippen molar-refractivity contribution in [2.24, 2.45) is 0 Å². The molecule has 0 spiro atoms. The number of hydrogen-bond acceptors (Lipinski definition) is 4. The number of carboxylic acid groups (broad SMARTS) is 1. The molecular weight excluding hydrogens is 234 g/mol. The van der Waals surface area contributed by atoms with Gasteiger partial charge in [0.15, 0.2) is 5.69 Å². The van der Waals surface area contributed by atoms with Crippen LogP contribution in [0.1, 0.15) is 21.6 Å². The zero-order valence-corrected chi connectivity index (χ0v) is 9.70. The van der Waals surface area contributed by atoms with Crippen LogP contribution in [0.25, 0.3) is 0 Å². The van der Waals surface area contributed by atoms with E-state index in [1.165, 1.54) is 17.0 Å². The second-order valence-corrected chi connectivity index (χ2v) is 3.86. The van der Waals surface area contributed by atoms with Gasteiger partial charge in [-0.05, 0) is 18.6 Å². The van der Waals surface area contributed by atoms with Gasteiger partial charge < -0.3 is 5.11 Å². The van der Waals surface area contributed by atoms with Crippen molar-refractivity contribution in [1.82, 2.24) is 14.5 Å². The fraction of sp³-hybridized carbons (Fsp3) is 0.167. The first-order valence-electron chi connectivity index (χ1n) is 5.28. The van der Waals surface area contributed by atoms with E-state index in [1.54, 1.807) is 18.3 Å². The fourth-order valence-electron chi connectivity index (χ4n) is 1.62. The van der Waals surface area contributed by atoms with E-state index in [9.17, 15) is 9.59 Å². The van der Waals surface area contributed by atoms with Crippen LogP contribution in [-0.2, 0) is 6.54 Å². The highest BCUT2D eigenvalue weighted by atomic mass is 16.4. The van der Waals surface area contributed by atoms with Gasteiger partial charge in [-0.15, -0.1) is 0 Å². The van der Waals surface area contributed by atoms with Crippen LogP contribution in [0.2, 0.25) is 0 Å². The molecule has 0 saturated heterocycles. The first-order valence-corrected chi connectivity index (χ1v) is 5.28. The molecule has 0 atom stereocenters. The maximum atomic E-state index is 11.5. The van der Waals surface area contributed by atoms with E-state index in [4.69, 9.17) is 5.11 Å². The number of aromatic nitrogens is 3. The summed E-state index contributed by atoms with van der Waals surface area (Å²) in [6.07, 6.45) is 4.51. The highest BCUT2D eigenvalue weighted by Crippen LogP contribution is 2.07. The quantitative estimate of drug-likeness (QED) is 0.860. The molecule has 0 amide bonds. The number of hydrogen-bond donors (Lipinski definition) is 1. The maximum absolute atomic E-state index is 11.5. The Bertz CT molecular complexity index is 649. The molecule has 2 rings (SSSR count). The molecule has 1 N–H and O–H groups in total. The highest BCUT2D eigenvalue weighted by Gasteiger charge is 2.11.